The van der Waals surface area contributed by atoms with E-state index in [9.17, 15) is 8.42 Å². The Balaban J connectivity index is 2.67. The number of benzene rings is 1. The van der Waals surface area contributed by atoms with Gasteiger partial charge in [0.05, 0.1) is 16.3 Å². The molecule has 0 aliphatic carbocycles. The van der Waals surface area contributed by atoms with Crippen molar-refractivity contribution < 1.29 is 8.42 Å². The van der Waals surface area contributed by atoms with Crippen molar-refractivity contribution in [3.63, 3.8) is 0 Å². The van der Waals surface area contributed by atoms with Gasteiger partial charge in [0.25, 0.3) is 0 Å². The molecular formula is C15H26N2O2S. The summed E-state index contributed by atoms with van der Waals surface area (Å²) in [5, 5.41) is 3.24. The van der Waals surface area contributed by atoms with E-state index in [1.807, 2.05) is 19.1 Å². The minimum Gasteiger partial charge on any atom is -0.384 e. The minimum absolute atomic E-state index is 0.190. The van der Waals surface area contributed by atoms with E-state index in [1.54, 1.807) is 12.1 Å². The molecule has 0 aromatic heterocycles. The Morgan fingerprint density at radius 1 is 1.30 bits per heavy atom. The molecule has 20 heavy (non-hydrogen) atoms. The van der Waals surface area contributed by atoms with Crippen molar-refractivity contribution in [1.29, 1.82) is 0 Å². The first-order chi connectivity index (χ1) is 9.51. The van der Waals surface area contributed by atoms with Crippen LogP contribution in [-0.4, -0.2) is 27.3 Å². The Labute approximate surface area is 122 Å². The average Bonchev–Trinajstić information content (AvgIpc) is 2.43. The molecule has 0 radical (unpaired) electrons. The molecule has 1 unspecified atom stereocenters. The average molecular weight is 298 g/mol. The van der Waals surface area contributed by atoms with Gasteiger partial charge in [0, 0.05) is 6.54 Å². The lowest BCUT2D eigenvalue weighted by Crippen LogP contribution is -2.14. The Hall–Kier alpha value is -1.07. The van der Waals surface area contributed by atoms with Crippen molar-refractivity contribution >= 4 is 15.5 Å². The predicted octanol–water partition coefficient (Wildman–Crippen LogP) is 2.66. The maximum Gasteiger partial charge on any atom is 0.180 e. The molecule has 0 amide bonds. The summed E-state index contributed by atoms with van der Waals surface area (Å²) in [5.74, 6) is 0.700. The molecule has 1 aromatic rings. The van der Waals surface area contributed by atoms with Crippen molar-refractivity contribution in [1.82, 2.24) is 0 Å². The molecule has 1 atom stereocenters. The van der Waals surface area contributed by atoms with E-state index in [2.05, 4.69) is 12.2 Å². The zero-order chi connectivity index (χ0) is 15.0. The van der Waals surface area contributed by atoms with Gasteiger partial charge in [-0.05, 0) is 43.9 Å². The third-order valence-electron chi connectivity index (χ3n) is 3.29. The second-order valence-corrected chi connectivity index (χ2v) is 7.30. The van der Waals surface area contributed by atoms with Crippen LogP contribution in [0.15, 0.2) is 29.2 Å². The van der Waals surface area contributed by atoms with Crippen LogP contribution in [0.5, 0.6) is 0 Å². The quantitative estimate of drug-likeness (QED) is 0.688. The van der Waals surface area contributed by atoms with Gasteiger partial charge in [-0.3, -0.25) is 0 Å². The summed E-state index contributed by atoms with van der Waals surface area (Å²) in [4.78, 5) is 0.411. The summed E-state index contributed by atoms with van der Waals surface area (Å²) in [6, 6.07) is 7.13. The normalized spacial score (nSPS) is 13.2. The van der Waals surface area contributed by atoms with Crippen LogP contribution in [0, 0.1) is 5.92 Å². The van der Waals surface area contributed by atoms with Crippen molar-refractivity contribution in [2.24, 2.45) is 11.7 Å². The fourth-order valence-electron chi connectivity index (χ4n) is 2.05. The fourth-order valence-corrected chi connectivity index (χ4v) is 3.57. The lowest BCUT2D eigenvalue weighted by atomic mass is 10.1. The van der Waals surface area contributed by atoms with Crippen LogP contribution in [0.25, 0.3) is 0 Å². The van der Waals surface area contributed by atoms with Gasteiger partial charge < -0.3 is 11.1 Å². The molecule has 5 heteroatoms. The lowest BCUT2D eigenvalue weighted by molar-refractivity contribution is 0.529. The Kier molecular flexibility index (Phi) is 7.02. The molecule has 0 saturated carbocycles. The summed E-state index contributed by atoms with van der Waals surface area (Å²) < 4.78 is 24.4. The van der Waals surface area contributed by atoms with Gasteiger partial charge >= 0.3 is 0 Å². The number of para-hydroxylation sites is 1. The molecule has 0 fully saturated rings. The lowest BCUT2D eigenvalue weighted by Gasteiger charge is -2.13. The van der Waals surface area contributed by atoms with E-state index >= 15 is 0 Å². The molecule has 0 bridgehead atoms. The van der Waals surface area contributed by atoms with Crippen LogP contribution < -0.4 is 11.1 Å². The third-order valence-corrected chi connectivity index (χ3v) is 5.26. The first kappa shape index (κ1) is 17.0. The molecule has 114 valence electrons. The molecule has 0 aliphatic rings. The van der Waals surface area contributed by atoms with Gasteiger partial charge in [0.15, 0.2) is 9.84 Å². The molecule has 0 aliphatic heterocycles. The number of anilines is 1. The number of hydrogen-bond acceptors (Lipinski definition) is 4. The monoisotopic (exact) mass is 298 g/mol. The minimum atomic E-state index is -3.18. The summed E-state index contributed by atoms with van der Waals surface area (Å²) in [6.45, 7) is 5.46. The van der Waals surface area contributed by atoms with E-state index in [4.69, 9.17) is 5.73 Å². The Bertz CT molecular complexity index is 500. The molecule has 0 saturated heterocycles. The molecule has 1 aromatic carbocycles. The van der Waals surface area contributed by atoms with E-state index in [0.29, 0.717) is 29.5 Å². The summed E-state index contributed by atoms with van der Waals surface area (Å²) in [7, 11) is -3.18. The number of hydrogen-bond donors (Lipinski definition) is 2. The largest absolute Gasteiger partial charge is 0.384 e. The zero-order valence-electron chi connectivity index (χ0n) is 12.4. The first-order valence-electron chi connectivity index (χ1n) is 7.27. The van der Waals surface area contributed by atoms with E-state index in [0.717, 1.165) is 19.4 Å². The maximum absolute atomic E-state index is 12.2. The highest BCUT2D eigenvalue weighted by atomic mass is 32.2. The molecule has 0 spiro atoms. The topological polar surface area (TPSA) is 72.2 Å². The number of sulfone groups is 1. The smallest absolute Gasteiger partial charge is 0.180 e. The van der Waals surface area contributed by atoms with Crippen LogP contribution in [0.2, 0.25) is 0 Å². The standard InChI is InChI=1S/C15H26N2O2S/c1-3-11-20(18,19)15-9-5-4-8-14(15)17-10-6-7-13(2)12-16/h4-5,8-9,13,17H,3,6-7,10-12,16H2,1-2H3. The Morgan fingerprint density at radius 3 is 2.65 bits per heavy atom. The van der Waals surface area contributed by atoms with Gasteiger partial charge in [-0.25, -0.2) is 8.42 Å². The maximum atomic E-state index is 12.2. The molecule has 3 N–H and O–H groups in total. The SMILES string of the molecule is CCCS(=O)(=O)c1ccccc1NCCCC(C)CN. The van der Waals surface area contributed by atoms with Crippen molar-refractivity contribution in [2.45, 2.75) is 38.0 Å². The van der Waals surface area contributed by atoms with Crippen LogP contribution in [-0.2, 0) is 9.84 Å². The van der Waals surface area contributed by atoms with Crippen LogP contribution in [0.4, 0.5) is 5.69 Å². The van der Waals surface area contributed by atoms with Crippen molar-refractivity contribution in [3.8, 4) is 0 Å². The van der Waals surface area contributed by atoms with Gasteiger partial charge in [0.1, 0.15) is 0 Å². The first-order valence-corrected chi connectivity index (χ1v) is 8.92. The molecule has 0 heterocycles. The van der Waals surface area contributed by atoms with Crippen molar-refractivity contribution in [3.05, 3.63) is 24.3 Å². The van der Waals surface area contributed by atoms with E-state index in [1.165, 1.54) is 0 Å². The fraction of sp³-hybridized carbons (Fsp3) is 0.600. The van der Waals surface area contributed by atoms with Crippen LogP contribution in [0.3, 0.4) is 0 Å². The van der Waals surface area contributed by atoms with E-state index < -0.39 is 9.84 Å². The van der Waals surface area contributed by atoms with Gasteiger partial charge in [-0.15, -0.1) is 0 Å². The molecule has 4 nitrogen and oxygen atoms in total. The predicted molar refractivity (Wildman–Crippen MR) is 84.7 cm³/mol. The van der Waals surface area contributed by atoms with Gasteiger partial charge in [-0.1, -0.05) is 26.0 Å². The summed E-state index contributed by atoms with van der Waals surface area (Å²) >= 11 is 0. The van der Waals surface area contributed by atoms with Gasteiger partial charge in [-0.2, -0.15) is 0 Å². The van der Waals surface area contributed by atoms with Crippen LogP contribution >= 0.6 is 0 Å². The molecular weight excluding hydrogens is 272 g/mol. The third kappa shape index (κ3) is 5.13. The molecule has 1 rings (SSSR count). The summed E-state index contributed by atoms with van der Waals surface area (Å²) in [6.07, 6.45) is 2.67. The zero-order valence-corrected chi connectivity index (χ0v) is 13.2. The van der Waals surface area contributed by atoms with Gasteiger partial charge in [0.2, 0.25) is 0 Å². The highest BCUT2D eigenvalue weighted by molar-refractivity contribution is 7.91. The highest BCUT2D eigenvalue weighted by Gasteiger charge is 2.16. The Morgan fingerprint density at radius 2 is 2.00 bits per heavy atom. The second kappa shape index (κ2) is 8.27. The van der Waals surface area contributed by atoms with Crippen LogP contribution in [0.1, 0.15) is 33.1 Å². The number of nitrogens with two attached hydrogens (primary N) is 1. The van der Waals surface area contributed by atoms with E-state index in [-0.39, 0.29) is 5.75 Å². The number of rotatable bonds is 9. The second-order valence-electron chi connectivity index (χ2n) is 5.22. The number of nitrogens with one attached hydrogen (secondary N) is 1. The van der Waals surface area contributed by atoms with Crippen molar-refractivity contribution in [2.75, 3.05) is 24.2 Å². The summed E-state index contributed by atoms with van der Waals surface area (Å²) in [5.41, 5.74) is 6.29. The highest BCUT2D eigenvalue weighted by Crippen LogP contribution is 2.22.